The number of carbonyl (C=O) groups excluding carboxylic acids is 7. The second kappa shape index (κ2) is 49.9. The van der Waals surface area contributed by atoms with Crippen molar-refractivity contribution in [3.63, 3.8) is 0 Å². The van der Waals surface area contributed by atoms with Gasteiger partial charge < -0.3 is 69.5 Å². The molecule has 0 bridgehead atoms. The van der Waals surface area contributed by atoms with E-state index in [1.165, 1.54) is 95.8 Å². The van der Waals surface area contributed by atoms with Crippen LogP contribution in [0.2, 0.25) is 0 Å². The molecule has 0 saturated carbocycles. The molecule has 3 aliphatic heterocycles. The molecule has 9 rings (SSSR count). The van der Waals surface area contributed by atoms with Gasteiger partial charge in [-0.15, -0.1) is 0 Å². The van der Waals surface area contributed by atoms with Crippen LogP contribution in [0.1, 0.15) is 71.2 Å². The monoisotopic (exact) mass is 1590 g/mol. The van der Waals surface area contributed by atoms with Crippen LogP contribution in [0.4, 0.5) is 46.8 Å². The van der Waals surface area contributed by atoms with Gasteiger partial charge in [0.1, 0.15) is 37.1 Å². The number of aromatic nitrogens is 3. The van der Waals surface area contributed by atoms with E-state index in [-0.39, 0.29) is 31.2 Å². The average Bonchev–Trinajstić information content (AvgIpc) is 1.73. The SMILES string of the molecule is C.CCN(CC)CC.CCOC(=O)Nc1ncc(C=O)s1.CNC.COC(=O)Nc1ncc(/C=C2\SC(=Nc3ccc(OCCN(C)C)cc3C)NC2=O)s1.Cc1cc(OCCN(C)C)ccc1N=C1NC(=O)/C(=C/c2cnc(NC(=O)N(C)C)s2)S1.Cc1cc(OCCN(C)C)ccc1N=C1NC(=O)CS1. The third-order valence-electron chi connectivity index (χ3n) is 13.6. The van der Waals surface area contributed by atoms with Crippen molar-refractivity contribution in [3.8, 4) is 17.2 Å². The van der Waals surface area contributed by atoms with E-state index in [0.717, 1.165) is 91.7 Å². The summed E-state index contributed by atoms with van der Waals surface area (Å²) in [5.41, 5.74) is 5.31. The van der Waals surface area contributed by atoms with Gasteiger partial charge in [-0.25, -0.2) is 44.3 Å². The van der Waals surface area contributed by atoms with Gasteiger partial charge in [0.15, 0.2) is 37.2 Å². The minimum absolute atomic E-state index is 0. The summed E-state index contributed by atoms with van der Waals surface area (Å²) >= 11 is 7.56. The summed E-state index contributed by atoms with van der Waals surface area (Å²) in [7, 11) is 20.4. The van der Waals surface area contributed by atoms with Gasteiger partial charge in [-0.1, -0.05) is 74.0 Å². The van der Waals surface area contributed by atoms with Crippen LogP contribution in [0.5, 0.6) is 17.2 Å². The summed E-state index contributed by atoms with van der Waals surface area (Å²) in [4.78, 5) is 118. The molecule has 0 atom stereocenters. The number of anilines is 3. The number of likely N-dealkylation sites (N-methyl/N-ethyl adjacent to an activating group) is 3. The highest BCUT2D eigenvalue weighted by molar-refractivity contribution is 8.19. The molecular weight excluding hydrogens is 1490 g/mol. The predicted octanol–water partition coefficient (Wildman–Crippen LogP) is 12.0. The third-order valence-corrected chi connectivity index (χ3v) is 18.8. The number of thioether (sulfide) groups is 3. The molecule has 6 heterocycles. The zero-order chi connectivity index (χ0) is 78.3. The van der Waals surface area contributed by atoms with Crippen molar-refractivity contribution < 1.29 is 57.2 Å². The van der Waals surface area contributed by atoms with Crippen molar-refractivity contribution in [2.24, 2.45) is 15.0 Å². The summed E-state index contributed by atoms with van der Waals surface area (Å²) in [6.45, 7) is 22.5. The Morgan fingerprint density at radius 1 is 0.551 bits per heavy atom. The quantitative estimate of drug-likeness (QED) is 0.0207. The molecule has 30 nitrogen and oxygen atoms in total. The van der Waals surface area contributed by atoms with E-state index in [4.69, 9.17) is 14.2 Å². The Hall–Kier alpha value is -8.82. The van der Waals surface area contributed by atoms with Gasteiger partial charge in [0.05, 0.1) is 67.2 Å². The third kappa shape index (κ3) is 35.6. The molecule has 0 unspecified atom stereocenters. The number of benzene rings is 3. The fourth-order valence-electron chi connectivity index (χ4n) is 7.99. The van der Waals surface area contributed by atoms with Gasteiger partial charge in [-0.2, -0.15) is 0 Å². The van der Waals surface area contributed by atoms with E-state index in [1.54, 1.807) is 45.6 Å². The number of urea groups is 1. The number of nitrogens with zero attached hydrogens (tertiary/aromatic N) is 11. The van der Waals surface area contributed by atoms with E-state index in [0.29, 0.717) is 84.1 Å². The largest absolute Gasteiger partial charge is 0.492 e. The molecule has 3 aromatic heterocycles. The standard InChI is InChI=1S/C21H26N6O3S2.C20H23N5O4S2.C14H19N3O2S.C7H8N2O3S.C6H15N.C2H7N.CH4/c1-13-10-14(30-9-8-26(2)3)6-7-16(13)23-20-24-18(28)17(32-20)11-15-12-22-19(31-15)25-21(29)27(4)5;1-12-9-13(29-8-7-25(2)3)5-6-15(12)22-19-23-17(26)16(31-19)10-14-11-21-18(30-14)24-20(27)28-4;1-10-8-11(19-7-6-17(2)3)4-5-12(10)15-14-16-13(18)9-20-14;1-2-12-7(11)9-6-8-3-5(4-10)13-6;1-4-7(5-2)6-3;1-3-2;/h6-7,10-12H,8-9H2,1-5H3,(H,22,25,29)(H,23,24,28);5-6,9-11H,7-8H2,1-4H3,(H,21,24,27)(H,22,23,26);4-5,8H,6-7,9H2,1-3H3,(H,15,16,18);3-4H,2H2,1H3,(H,8,9,11);4-6H2,1-3H3;3H,1-2H3;1H4/b17-11-;16-10-;;;;;. The first-order valence-corrected chi connectivity index (χ1v) is 38.3. The second-order valence-corrected chi connectivity index (χ2v) is 29.5. The number of aliphatic imine (C=N–C) groups is 3. The Morgan fingerprint density at radius 3 is 1.24 bits per heavy atom. The fraction of sp³-hybridized carbons (Fsp3) is 0.423. The van der Waals surface area contributed by atoms with Crippen molar-refractivity contribution in [1.29, 1.82) is 0 Å². The molecule has 107 heavy (non-hydrogen) atoms. The molecule has 6 aromatic rings. The highest BCUT2D eigenvalue weighted by Crippen LogP contribution is 2.35. The highest BCUT2D eigenvalue weighted by atomic mass is 32.2. The fourth-order valence-corrected chi connectivity index (χ4v) is 12.6. The van der Waals surface area contributed by atoms with Crippen LogP contribution in [-0.4, -0.2) is 246 Å². The van der Waals surface area contributed by atoms with Gasteiger partial charge in [0.25, 0.3) is 11.8 Å². The molecule has 7 N–H and O–H groups in total. The van der Waals surface area contributed by atoms with Crippen molar-refractivity contribution in [1.82, 2.24) is 60.7 Å². The summed E-state index contributed by atoms with van der Waals surface area (Å²) in [5, 5.41) is 21.5. The Bertz CT molecular complexity index is 4000. The Morgan fingerprint density at radius 2 is 0.925 bits per heavy atom. The minimum Gasteiger partial charge on any atom is -0.492 e. The number of aryl methyl sites for hydroxylation is 3. The molecule has 3 fully saturated rings. The lowest BCUT2D eigenvalue weighted by Crippen LogP contribution is -2.27. The maximum atomic E-state index is 12.4. The van der Waals surface area contributed by atoms with Crippen molar-refractivity contribution >= 4 is 172 Å². The lowest BCUT2D eigenvalue weighted by atomic mass is 10.2. The first-order valence-electron chi connectivity index (χ1n) is 33.3. The van der Waals surface area contributed by atoms with Crippen molar-refractivity contribution in [2.45, 2.75) is 55.9 Å². The molecule has 3 aromatic carbocycles. The number of nitrogens with one attached hydrogen (secondary N) is 7. The number of methoxy groups -OCH3 is 1. The lowest BCUT2D eigenvalue weighted by Gasteiger charge is -2.13. The minimum atomic E-state index is -0.597. The first kappa shape index (κ1) is 92.4. The molecule has 584 valence electrons. The molecular formula is C71H102N18O12S6. The summed E-state index contributed by atoms with van der Waals surface area (Å²) in [6.07, 6.45) is 7.54. The number of rotatable bonds is 25. The van der Waals surface area contributed by atoms with Crippen LogP contribution in [0.25, 0.3) is 12.2 Å². The van der Waals surface area contributed by atoms with Gasteiger partial charge in [0.2, 0.25) is 5.91 Å². The number of thiazole rings is 3. The molecule has 0 aliphatic carbocycles. The van der Waals surface area contributed by atoms with Crippen LogP contribution in [0.3, 0.4) is 0 Å². The summed E-state index contributed by atoms with van der Waals surface area (Å²) in [6, 6.07) is 16.9. The second-order valence-electron chi connectivity index (χ2n) is 23.2. The van der Waals surface area contributed by atoms with Gasteiger partial charge in [0, 0.05) is 46.1 Å². The van der Waals surface area contributed by atoms with E-state index < -0.39 is 12.2 Å². The van der Waals surface area contributed by atoms with Crippen LogP contribution < -0.4 is 51.4 Å². The smallest absolute Gasteiger partial charge is 0.413 e. The number of ether oxygens (including phenoxy) is 5. The van der Waals surface area contributed by atoms with Crippen LogP contribution >= 0.6 is 69.3 Å². The molecule has 7 amide bonds. The number of amidine groups is 3. The van der Waals surface area contributed by atoms with Crippen LogP contribution in [0, 0.1) is 20.8 Å². The number of aldehydes is 1. The van der Waals surface area contributed by atoms with Gasteiger partial charge in [-0.05, 0) is 211 Å². The Kier molecular flexibility index (Phi) is 43.1. The number of carbonyl (C=O) groups is 7. The molecule has 36 heteroatoms. The average molecular weight is 1590 g/mol. The first-order chi connectivity index (χ1) is 50.6. The maximum Gasteiger partial charge on any atom is 0.413 e. The molecule has 3 saturated heterocycles. The predicted molar refractivity (Wildman–Crippen MR) is 441 cm³/mol. The zero-order valence-corrected chi connectivity index (χ0v) is 68.1. The molecule has 3 aliphatic rings. The van der Waals surface area contributed by atoms with Gasteiger partial charge >= 0.3 is 18.2 Å². The van der Waals surface area contributed by atoms with Crippen molar-refractivity contribution in [2.75, 3.05) is 165 Å². The topological polar surface area (TPSA) is 342 Å². The number of amides is 7. The highest BCUT2D eigenvalue weighted by Gasteiger charge is 2.26. The lowest BCUT2D eigenvalue weighted by molar-refractivity contribution is -0.117. The Balaban J connectivity index is 0.000000367. The molecule has 0 spiro atoms. The maximum absolute atomic E-state index is 12.4. The van der Waals surface area contributed by atoms with Crippen LogP contribution in [0.15, 0.2) is 98.0 Å². The van der Waals surface area contributed by atoms with E-state index in [2.05, 4.69) is 117 Å². The summed E-state index contributed by atoms with van der Waals surface area (Å²) in [5.74, 6) is 2.42. The Labute approximate surface area is 652 Å². The number of hydrogen-bond acceptors (Lipinski definition) is 29. The van der Waals surface area contributed by atoms with Gasteiger partial charge in [-0.3, -0.25) is 35.1 Å². The van der Waals surface area contributed by atoms with E-state index in [9.17, 15) is 33.6 Å². The van der Waals surface area contributed by atoms with Crippen LogP contribution in [-0.2, 0) is 23.9 Å². The van der Waals surface area contributed by atoms with Crippen molar-refractivity contribution in [3.05, 3.63) is 114 Å². The summed E-state index contributed by atoms with van der Waals surface area (Å²) < 4.78 is 26.3. The van der Waals surface area contributed by atoms with E-state index in [1.807, 2.05) is 132 Å². The number of hydrogen-bond donors (Lipinski definition) is 7. The zero-order valence-electron chi connectivity index (χ0n) is 63.2. The molecule has 0 radical (unpaired) electrons. The normalized spacial score (nSPS) is 14.6. The van der Waals surface area contributed by atoms with E-state index >= 15 is 0 Å².